The molecule has 0 fully saturated rings. The van der Waals surface area contributed by atoms with E-state index in [1.54, 1.807) is 6.92 Å². The molecule has 0 aliphatic heterocycles. The predicted molar refractivity (Wildman–Crippen MR) is 65.2 cm³/mol. The van der Waals surface area contributed by atoms with Gasteiger partial charge in [-0.1, -0.05) is 31.9 Å². The van der Waals surface area contributed by atoms with E-state index in [2.05, 4.69) is 0 Å². The van der Waals surface area contributed by atoms with Gasteiger partial charge in [-0.05, 0) is 36.6 Å². The molecular formula is C13H18ClFO. The minimum atomic E-state index is -0.855. The van der Waals surface area contributed by atoms with Crippen molar-refractivity contribution in [2.45, 2.75) is 39.2 Å². The highest BCUT2D eigenvalue weighted by Gasteiger charge is 2.28. The second-order valence-corrected chi connectivity index (χ2v) is 4.99. The van der Waals surface area contributed by atoms with E-state index in [-0.39, 0.29) is 11.7 Å². The summed E-state index contributed by atoms with van der Waals surface area (Å²) < 4.78 is 13.1. The molecular weight excluding hydrogens is 227 g/mol. The van der Waals surface area contributed by atoms with Gasteiger partial charge in [-0.3, -0.25) is 0 Å². The van der Waals surface area contributed by atoms with E-state index in [0.717, 1.165) is 6.42 Å². The van der Waals surface area contributed by atoms with E-state index in [1.807, 2.05) is 13.8 Å². The third-order valence-corrected chi connectivity index (χ3v) is 3.60. The summed E-state index contributed by atoms with van der Waals surface area (Å²) in [6.07, 6.45) is 1.25. The summed E-state index contributed by atoms with van der Waals surface area (Å²) in [5.41, 5.74) is -0.196. The van der Waals surface area contributed by atoms with Gasteiger partial charge < -0.3 is 5.11 Å². The van der Waals surface area contributed by atoms with Crippen molar-refractivity contribution in [3.05, 3.63) is 34.6 Å². The Kier molecular flexibility index (Phi) is 4.34. The highest BCUT2D eigenvalue weighted by Crippen LogP contribution is 2.28. The number of benzene rings is 1. The summed E-state index contributed by atoms with van der Waals surface area (Å²) in [6.45, 7) is 5.77. The van der Waals surface area contributed by atoms with Gasteiger partial charge >= 0.3 is 0 Å². The van der Waals surface area contributed by atoms with Gasteiger partial charge in [-0.2, -0.15) is 0 Å². The molecule has 0 heterocycles. The first-order valence-corrected chi connectivity index (χ1v) is 5.91. The van der Waals surface area contributed by atoms with Crippen molar-refractivity contribution in [2.24, 2.45) is 5.92 Å². The SMILES string of the molecule is CCC(C)C(C)(O)Cc1cc(F)ccc1Cl. The van der Waals surface area contributed by atoms with Gasteiger partial charge in [0.2, 0.25) is 0 Å². The molecule has 2 unspecified atom stereocenters. The van der Waals surface area contributed by atoms with Crippen LogP contribution in [0, 0.1) is 11.7 Å². The summed E-state index contributed by atoms with van der Waals surface area (Å²) in [5.74, 6) is -0.175. The number of hydrogen-bond donors (Lipinski definition) is 1. The van der Waals surface area contributed by atoms with Crippen LogP contribution < -0.4 is 0 Å². The quantitative estimate of drug-likeness (QED) is 0.854. The largest absolute Gasteiger partial charge is 0.390 e. The lowest BCUT2D eigenvalue weighted by Crippen LogP contribution is -2.35. The van der Waals surface area contributed by atoms with E-state index >= 15 is 0 Å². The lowest BCUT2D eigenvalue weighted by atomic mass is 9.83. The van der Waals surface area contributed by atoms with E-state index in [0.29, 0.717) is 17.0 Å². The maximum absolute atomic E-state index is 13.1. The number of hydrogen-bond acceptors (Lipinski definition) is 1. The second-order valence-electron chi connectivity index (χ2n) is 4.58. The highest BCUT2D eigenvalue weighted by atomic mass is 35.5. The third kappa shape index (κ3) is 3.19. The molecule has 0 amide bonds. The molecule has 3 heteroatoms. The van der Waals surface area contributed by atoms with Gasteiger partial charge in [0.15, 0.2) is 0 Å². The summed E-state index contributed by atoms with van der Waals surface area (Å²) in [7, 11) is 0. The van der Waals surface area contributed by atoms with Gasteiger partial charge in [-0.25, -0.2) is 4.39 Å². The molecule has 0 aromatic heterocycles. The molecule has 1 aromatic rings. The summed E-state index contributed by atoms with van der Waals surface area (Å²) in [4.78, 5) is 0. The van der Waals surface area contributed by atoms with E-state index in [4.69, 9.17) is 11.6 Å². The average molecular weight is 245 g/mol. The fraction of sp³-hybridized carbons (Fsp3) is 0.538. The first kappa shape index (κ1) is 13.5. The van der Waals surface area contributed by atoms with Gasteiger partial charge in [0.05, 0.1) is 5.60 Å². The van der Waals surface area contributed by atoms with Crippen LogP contribution in [0.25, 0.3) is 0 Å². The van der Waals surface area contributed by atoms with Gasteiger partial charge in [0.25, 0.3) is 0 Å². The van der Waals surface area contributed by atoms with E-state index in [1.165, 1.54) is 18.2 Å². The Labute approximate surface area is 101 Å². The van der Waals surface area contributed by atoms with Crippen LogP contribution in [-0.2, 0) is 6.42 Å². The van der Waals surface area contributed by atoms with Crippen molar-refractivity contribution in [3.8, 4) is 0 Å². The van der Waals surface area contributed by atoms with Crippen molar-refractivity contribution in [3.63, 3.8) is 0 Å². The van der Waals surface area contributed by atoms with Crippen molar-refractivity contribution < 1.29 is 9.50 Å². The Morgan fingerprint density at radius 2 is 2.12 bits per heavy atom. The fourth-order valence-corrected chi connectivity index (χ4v) is 1.86. The number of halogens is 2. The lowest BCUT2D eigenvalue weighted by Gasteiger charge is -2.30. The van der Waals surface area contributed by atoms with Crippen molar-refractivity contribution in [1.29, 1.82) is 0 Å². The van der Waals surface area contributed by atoms with Gasteiger partial charge in [0.1, 0.15) is 5.82 Å². The monoisotopic (exact) mass is 244 g/mol. The molecule has 0 radical (unpaired) electrons. The predicted octanol–water partition coefficient (Wildman–Crippen LogP) is 3.82. The van der Waals surface area contributed by atoms with Crippen molar-refractivity contribution in [1.82, 2.24) is 0 Å². The van der Waals surface area contributed by atoms with Crippen LogP contribution in [0.3, 0.4) is 0 Å². The summed E-state index contributed by atoms with van der Waals surface area (Å²) in [6, 6.07) is 4.24. The molecule has 16 heavy (non-hydrogen) atoms. The normalized spacial score (nSPS) is 16.9. The number of rotatable bonds is 4. The maximum atomic E-state index is 13.1. The molecule has 0 bridgehead atoms. The lowest BCUT2D eigenvalue weighted by molar-refractivity contribution is 0.00514. The first-order valence-electron chi connectivity index (χ1n) is 5.53. The average Bonchev–Trinajstić information content (AvgIpc) is 2.22. The minimum Gasteiger partial charge on any atom is -0.390 e. The second kappa shape index (κ2) is 5.15. The Hall–Kier alpha value is -0.600. The molecule has 1 nitrogen and oxygen atoms in total. The molecule has 2 atom stereocenters. The van der Waals surface area contributed by atoms with E-state index < -0.39 is 5.60 Å². The summed E-state index contributed by atoms with van der Waals surface area (Å²) in [5, 5.41) is 10.8. The topological polar surface area (TPSA) is 20.2 Å². The van der Waals surface area contributed by atoms with Crippen LogP contribution in [0.5, 0.6) is 0 Å². The van der Waals surface area contributed by atoms with Crippen molar-refractivity contribution in [2.75, 3.05) is 0 Å². The Balaban J connectivity index is 2.91. The molecule has 0 saturated carbocycles. The van der Waals surface area contributed by atoms with Crippen LogP contribution in [0.2, 0.25) is 5.02 Å². The summed E-state index contributed by atoms with van der Waals surface area (Å²) >= 11 is 5.97. The molecule has 1 N–H and O–H groups in total. The maximum Gasteiger partial charge on any atom is 0.123 e. The Morgan fingerprint density at radius 1 is 1.50 bits per heavy atom. The molecule has 0 aliphatic rings. The van der Waals surface area contributed by atoms with Gasteiger partial charge in [0, 0.05) is 11.4 Å². The zero-order valence-corrected chi connectivity index (χ0v) is 10.7. The van der Waals surface area contributed by atoms with Gasteiger partial charge in [-0.15, -0.1) is 0 Å². The molecule has 1 rings (SSSR count). The fourth-order valence-electron chi connectivity index (χ4n) is 1.68. The molecule has 1 aromatic carbocycles. The van der Waals surface area contributed by atoms with Crippen LogP contribution in [0.1, 0.15) is 32.8 Å². The zero-order valence-electron chi connectivity index (χ0n) is 9.93. The minimum absolute atomic E-state index is 0.145. The van der Waals surface area contributed by atoms with Crippen molar-refractivity contribution >= 4 is 11.6 Å². The van der Waals surface area contributed by atoms with Crippen LogP contribution in [0.15, 0.2) is 18.2 Å². The Morgan fingerprint density at radius 3 is 2.69 bits per heavy atom. The smallest absolute Gasteiger partial charge is 0.123 e. The highest BCUT2D eigenvalue weighted by molar-refractivity contribution is 6.31. The zero-order chi connectivity index (χ0) is 12.3. The molecule has 0 aliphatic carbocycles. The Bertz CT molecular complexity index is 363. The molecule has 90 valence electrons. The molecule has 0 saturated heterocycles. The van der Waals surface area contributed by atoms with E-state index in [9.17, 15) is 9.50 Å². The first-order chi connectivity index (χ1) is 7.36. The number of aliphatic hydroxyl groups is 1. The standard InChI is InChI=1S/C13H18ClFO/c1-4-9(2)13(3,16)8-10-7-11(15)5-6-12(10)14/h5-7,9,16H,4,8H2,1-3H3. The van der Waals surface area contributed by atoms with Crippen LogP contribution in [-0.4, -0.2) is 10.7 Å². The molecule has 0 spiro atoms. The van der Waals surface area contributed by atoms with Crippen LogP contribution in [0.4, 0.5) is 4.39 Å². The van der Waals surface area contributed by atoms with Crippen LogP contribution >= 0.6 is 11.6 Å². The third-order valence-electron chi connectivity index (χ3n) is 3.23.